The van der Waals surface area contributed by atoms with Crippen molar-refractivity contribution in [1.29, 1.82) is 0 Å². The highest BCUT2D eigenvalue weighted by Crippen LogP contribution is 2.15. The zero-order valence-electron chi connectivity index (χ0n) is 8.34. The van der Waals surface area contributed by atoms with E-state index in [0.29, 0.717) is 12.2 Å². The third-order valence-corrected chi connectivity index (χ3v) is 1.79. The molecule has 0 saturated heterocycles. The van der Waals surface area contributed by atoms with Crippen LogP contribution < -0.4 is 5.73 Å². The summed E-state index contributed by atoms with van der Waals surface area (Å²) >= 11 is 0. The predicted octanol–water partition coefficient (Wildman–Crippen LogP) is 1.38. The van der Waals surface area contributed by atoms with Gasteiger partial charge in [-0.2, -0.15) is 0 Å². The Morgan fingerprint density at radius 2 is 2.00 bits per heavy atom. The van der Waals surface area contributed by atoms with Gasteiger partial charge in [0, 0.05) is 0 Å². The van der Waals surface area contributed by atoms with E-state index in [1.165, 1.54) is 12.1 Å². The van der Waals surface area contributed by atoms with E-state index in [1.807, 2.05) is 0 Å². The Kier molecular flexibility index (Phi) is 5.74. The molecule has 15 heavy (non-hydrogen) atoms. The maximum absolute atomic E-state index is 11.2. The molecule has 0 saturated carbocycles. The normalized spacial score (nSPS) is 11.3. The fraction of sp³-hybridized carbons (Fsp3) is 0.300. The molecule has 1 atom stereocenters. The molecule has 1 rings (SSSR count). The summed E-state index contributed by atoms with van der Waals surface area (Å²) in [7, 11) is 0. The van der Waals surface area contributed by atoms with Crippen molar-refractivity contribution in [2.24, 2.45) is 5.73 Å². The zero-order chi connectivity index (χ0) is 10.6. The average Bonchev–Trinajstić information content (AvgIpc) is 2.18. The van der Waals surface area contributed by atoms with E-state index in [1.54, 1.807) is 19.1 Å². The number of ether oxygens (including phenoxy) is 1. The van der Waals surface area contributed by atoms with Gasteiger partial charge in [-0.1, -0.05) is 12.1 Å². The number of phenols is 1. The molecule has 3 N–H and O–H groups in total. The molecule has 0 aliphatic heterocycles. The van der Waals surface area contributed by atoms with Gasteiger partial charge in [-0.05, 0) is 24.6 Å². The van der Waals surface area contributed by atoms with Gasteiger partial charge in [0.05, 0.1) is 6.61 Å². The molecular formula is C10H14ClNO3. The van der Waals surface area contributed by atoms with Gasteiger partial charge < -0.3 is 15.6 Å². The molecule has 1 aromatic rings. The van der Waals surface area contributed by atoms with E-state index in [4.69, 9.17) is 15.6 Å². The van der Waals surface area contributed by atoms with Crippen LogP contribution in [0.15, 0.2) is 24.3 Å². The molecule has 0 bridgehead atoms. The smallest absolute Gasteiger partial charge is 0.327 e. The van der Waals surface area contributed by atoms with E-state index in [2.05, 4.69) is 0 Å². The highest BCUT2D eigenvalue weighted by molar-refractivity contribution is 5.85. The van der Waals surface area contributed by atoms with E-state index in [9.17, 15) is 4.79 Å². The zero-order valence-corrected chi connectivity index (χ0v) is 9.16. The molecule has 0 radical (unpaired) electrons. The summed E-state index contributed by atoms with van der Waals surface area (Å²) in [6, 6.07) is 5.37. The Hall–Kier alpha value is -1.26. The van der Waals surface area contributed by atoms with Crippen molar-refractivity contribution in [2.45, 2.75) is 13.0 Å². The minimum absolute atomic E-state index is 0. The Labute approximate surface area is 94.5 Å². The van der Waals surface area contributed by atoms with Crippen molar-refractivity contribution in [2.75, 3.05) is 6.61 Å². The van der Waals surface area contributed by atoms with Gasteiger partial charge in [-0.3, -0.25) is 0 Å². The first-order valence-corrected chi connectivity index (χ1v) is 4.36. The highest BCUT2D eigenvalue weighted by Gasteiger charge is 2.16. The lowest BCUT2D eigenvalue weighted by Gasteiger charge is -2.10. The lowest BCUT2D eigenvalue weighted by Crippen LogP contribution is -2.23. The predicted molar refractivity (Wildman–Crippen MR) is 58.9 cm³/mol. The minimum atomic E-state index is -0.782. The van der Waals surface area contributed by atoms with Crippen molar-refractivity contribution < 1.29 is 14.6 Å². The van der Waals surface area contributed by atoms with Crippen LogP contribution in [0.1, 0.15) is 18.5 Å². The minimum Gasteiger partial charge on any atom is -0.508 e. The monoisotopic (exact) mass is 231 g/mol. The number of rotatable bonds is 3. The van der Waals surface area contributed by atoms with Gasteiger partial charge in [0.25, 0.3) is 0 Å². The Morgan fingerprint density at radius 1 is 1.47 bits per heavy atom. The third kappa shape index (κ3) is 3.77. The van der Waals surface area contributed by atoms with Crippen LogP contribution in [0.4, 0.5) is 0 Å². The van der Waals surface area contributed by atoms with Crippen molar-refractivity contribution in [1.82, 2.24) is 0 Å². The second-order valence-corrected chi connectivity index (χ2v) is 2.82. The molecule has 4 nitrogen and oxygen atoms in total. The molecular weight excluding hydrogens is 218 g/mol. The summed E-state index contributed by atoms with van der Waals surface area (Å²) in [5, 5.41) is 9.02. The van der Waals surface area contributed by atoms with Gasteiger partial charge in [-0.15, -0.1) is 12.4 Å². The van der Waals surface area contributed by atoms with Gasteiger partial charge in [-0.25, -0.2) is 4.79 Å². The van der Waals surface area contributed by atoms with Crippen LogP contribution in [-0.4, -0.2) is 17.7 Å². The summed E-state index contributed by atoms with van der Waals surface area (Å²) in [4.78, 5) is 11.2. The largest absolute Gasteiger partial charge is 0.508 e. The maximum Gasteiger partial charge on any atom is 0.327 e. The first-order chi connectivity index (χ1) is 6.65. The average molecular weight is 232 g/mol. The molecule has 5 heteroatoms. The number of esters is 1. The number of hydrogen-bond acceptors (Lipinski definition) is 4. The van der Waals surface area contributed by atoms with Gasteiger partial charge in [0.15, 0.2) is 0 Å². The van der Waals surface area contributed by atoms with Crippen molar-refractivity contribution in [3.05, 3.63) is 29.8 Å². The van der Waals surface area contributed by atoms with Gasteiger partial charge >= 0.3 is 5.97 Å². The van der Waals surface area contributed by atoms with Crippen LogP contribution >= 0.6 is 12.4 Å². The summed E-state index contributed by atoms with van der Waals surface area (Å²) in [6.45, 7) is 2.03. The van der Waals surface area contributed by atoms with Crippen LogP contribution in [0.25, 0.3) is 0 Å². The molecule has 0 aromatic heterocycles. The summed E-state index contributed by atoms with van der Waals surface area (Å²) in [6.07, 6.45) is 0. The maximum atomic E-state index is 11.2. The first kappa shape index (κ1) is 13.7. The highest BCUT2D eigenvalue weighted by atomic mass is 35.5. The molecule has 0 spiro atoms. The molecule has 0 fully saturated rings. The number of halogens is 1. The Morgan fingerprint density at radius 3 is 2.47 bits per heavy atom. The van der Waals surface area contributed by atoms with Crippen LogP contribution in [0, 0.1) is 0 Å². The van der Waals surface area contributed by atoms with Crippen molar-refractivity contribution in [3.63, 3.8) is 0 Å². The standard InChI is InChI=1S/C10H13NO3.ClH/c1-2-14-10(13)9(11)7-3-5-8(12)6-4-7;/h3-6,9,12H,2,11H2,1H3;1H/t9-;/m0./s1. The fourth-order valence-corrected chi connectivity index (χ4v) is 1.05. The Balaban J connectivity index is 0.00000196. The van der Waals surface area contributed by atoms with Crippen LogP contribution in [0.5, 0.6) is 5.75 Å². The lowest BCUT2D eigenvalue weighted by molar-refractivity contribution is -0.144. The number of aromatic hydroxyl groups is 1. The molecule has 0 amide bonds. The van der Waals surface area contributed by atoms with Gasteiger partial charge in [0.1, 0.15) is 11.8 Å². The molecule has 84 valence electrons. The van der Waals surface area contributed by atoms with E-state index in [-0.39, 0.29) is 18.2 Å². The third-order valence-electron chi connectivity index (χ3n) is 1.79. The van der Waals surface area contributed by atoms with Crippen LogP contribution in [0.2, 0.25) is 0 Å². The topological polar surface area (TPSA) is 72.5 Å². The van der Waals surface area contributed by atoms with Crippen molar-refractivity contribution >= 4 is 18.4 Å². The van der Waals surface area contributed by atoms with Gasteiger partial charge in [0.2, 0.25) is 0 Å². The number of hydrogen-bond donors (Lipinski definition) is 2. The van der Waals surface area contributed by atoms with E-state index >= 15 is 0 Å². The number of carbonyl (C=O) groups is 1. The van der Waals surface area contributed by atoms with E-state index in [0.717, 1.165) is 0 Å². The summed E-state index contributed by atoms with van der Waals surface area (Å²) in [5.41, 5.74) is 6.24. The number of nitrogens with two attached hydrogens (primary N) is 1. The first-order valence-electron chi connectivity index (χ1n) is 4.36. The molecule has 1 aromatic carbocycles. The SMILES string of the molecule is CCOC(=O)[C@@H](N)c1ccc(O)cc1.Cl. The van der Waals surface area contributed by atoms with E-state index < -0.39 is 12.0 Å². The number of benzene rings is 1. The second-order valence-electron chi connectivity index (χ2n) is 2.82. The molecule has 0 heterocycles. The van der Waals surface area contributed by atoms with Crippen LogP contribution in [0.3, 0.4) is 0 Å². The fourth-order valence-electron chi connectivity index (χ4n) is 1.05. The molecule has 0 aliphatic rings. The Bertz CT molecular complexity index is 313. The summed E-state index contributed by atoms with van der Waals surface area (Å²) in [5.74, 6) is -0.317. The number of carbonyl (C=O) groups excluding carboxylic acids is 1. The second kappa shape index (κ2) is 6.27. The summed E-state index contributed by atoms with van der Waals surface area (Å²) < 4.78 is 4.76. The quantitative estimate of drug-likeness (QED) is 0.771. The molecule has 0 aliphatic carbocycles. The molecule has 0 unspecified atom stereocenters. The van der Waals surface area contributed by atoms with Crippen LogP contribution in [-0.2, 0) is 9.53 Å². The lowest BCUT2D eigenvalue weighted by atomic mass is 10.1. The van der Waals surface area contributed by atoms with Crippen molar-refractivity contribution in [3.8, 4) is 5.75 Å². The number of phenolic OH excluding ortho intramolecular Hbond substituents is 1.